The van der Waals surface area contributed by atoms with E-state index in [0.29, 0.717) is 66.5 Å². The lowest BCUT2D eigenvalue weighted by Crippen LogP contribution is -2.52. The van der Waals surface area contributed by atoms with Gasteiger partial charge in [-0.25, -0.2) is 0 Å². The molecule has 0 spiro atoms. The molecule has 12 nitrogen and oxygen atoms in total. The highest BCUT2D eigenvalue weighted by Gasteiger charge is 2.43. The van der Waals surface area contributed by atoms with E-state index in [1.807, 2.05) is 102 Å². The minimum atomic E-state index is -0.913. The van der Waals surface area contributed by atoms with Gasteiger partial charge in [0.15, 0.2) is 0 Å². The Bertz CT molecular complexity index is 3060. The zero-order valence-electron chi connectivity index (χ0n) is 41.5. The Morgan fingerprint density at radius 1 is 0.736 bits per heavy atom. The van der Waals surface area contributed by atoms with Gasteiger partial charge in [-0.1, -0.05) is 121 Å². The molecule has 4 amide bonds. The van der Waals surface area contributed by atoms with Gasteiger partial charge in [0.1, 0.15) is 35.6 Å². The molecule has 1 fully saturated rings. The number of ether oxygens (including phenoxy) is 4. The number of hydrogen-bond donors (Lipinski definition) is 1. The normalized spacial score (nSPS) is 17.2. The highest BCUT2D eigenvalue weighted by atomic mass is 16.5. The van der Waals surface area contributed by atoms with E-state index in [2.05, 4.69) is 36.5 Å². The molecule has 0 aromatic heterocycles. The van der Waals surface area contributed by atoms with Crippen LogP contribution >= 0.6 is 0 Å². The largest absolute Gasteiger partial charge is 0.496 e. The van der Waals surface area contributed by atoms with Crippen LogP contribution in [0.25, 0.3) is 21.5 Å². The van der Waals surface area contributed by atoms with Gasteiger partial charge < -0.3 is 39.0 Å². The number of methoxy groups -OCH3 is 2. The van der Waals surface area contributed by atoms with Crippen molar-refractivity contribution in [1.29, 1.82) is 0 Å². The predicted octanol–water partition coefficient (Wildman–Crippen LogP) is 9.15. The van der Waals surface area contributed by atoms with Gasteiger partial charge >= 0.3 is 0 Å². The first-order valence-corrected chi connectivity index (χ1v) is 24.8. The van der Waals surface area contributed by atoms with Crippen molar-refractivity contribution in [1.82, 2.24) is 20.0 Å². The molecule has 7 aromatic carbocycles. The van der Waals surface area contributed by atoms with Crippen molar-refractivity contribution in [2.24, 2.45) is 0 Å². The zero-order chi connectivity index (χ0) is 50.1. The number of nitrogens with one attached hydrogen (secondary N) is 1. The molecular formula is C60H62N4O8. The summed E-state index contributed by atoms with van der Waals surface area (Å²) in [6.45, 7) is 3.22. The summed E-state index contributed by atoms with van der Waals surface area (Å²) in [7, 11) is 4.91. The lowest BCUT2D eigenvalue weighted by molar-refractivity contribution is -0.138. The summed E-state index contributed by atoms with van der Waals surface area (Å²) in [6, 6.07) is 45.2. The topological polar surface area (TPSA) is 127 Å². The van der Waals surface area contributed by atoms with E-state index < -0.39 is 18.1 Å². The number of rotatable bonds is 14. The quantitative estimate of drug-likeness (QED) is 0.114. The number of aryl methyl sites for hydroxylation is 1. The third kappa shape index (κ3) is 11.7. The van der Waals surface area contributed by atoms with E-state index in [-0.39, 0.29) is 62.6 Å². The molecule has 2 aliphatic heterocycles. The average molecular weight is 967 g/mol. The summed E-state index contributed by atoms with van der Waals surface area (Å²) in [5, 5.41) is 7.30. The lowest BCUT2D eigenvalue weighted by atomic mass is 10.0. The van der Waals surface area contributed by atoms with E-state index in [0.717, 1.165) is 38.2 Å². The highest BCUT2D eigenvalue weighted by Crippen LogP contribution is 2.37. The lowest BCUT2D eigenvalue weighted by Gasteiger charge is -2.32. The fourth-order valence-corrected chi connectivity index (χ4v) is 10.0. The Balaban J connectivity index is 1.03. The molecule has 2 bridgehead atoms. The standard InChI is InChI=1S/C60H62N4O8/c1-40-18-20-41(21-19-40)26-28-71-52-35-55(69-3)53(56(36-52)70-4)38-63(58(66)32-43-23-25-45-12-6-8-14-47(45)30-43)49-34-50-39-72-51-16-9-15-48(33-51)59(67)62(2)27-10-17-54(60(68)64(50)37-49)61-57(65)31-42-22-24-44-11-5-7-13-46(44)29-42/h5-9,11-16,18-25,29-30,33,35-36,49-50,54H,10,17,26-28,31-32,34,37-39H2,1-4H3,(H,61,65)/t49-,50-,54-/m0/s1. The summed E-state index contributed by atoms with van der Waals surface area (Å²) in [6.07, 6.45) is 2.00. The number of carbonyl (C=O) groups is 4. The minimum absolute atomic E-state index is 0.0775. The molecule has 7 aromatic rings. The van der Waals surface area contributed by atoms with Crippen LogP contribution in [0.5, 0.6) is 23.0 Å². The molecular weight excluding hydrogens is 905 g/mol. The second-order valence-electron chi connectivity index (χ2n) is 19.0. The minimum Gasteiger partial charge on any atom is -0.496 e. The molecule has 1 N–H and O–H groups in total. The van der Waals surface area contributed by atoms with E-state index in [9.17, 15) is 9.59 Å². The number of carbonyl (C=O) groups excluding carboxylic acids is 4. The summed E-state index contributed by atoms with van der Waals surface area (Å²) in [5.41, 5.74) is 5.17. The molecule has 0 radical (unpaired) electrons. The summed E-state index contributed by atoms with van der Waals surface area (Å²) >= 11 is 0. The first-order valence-electron chi connectivity index (χ1n) is 24.8. The van der Waals surface area contributed by atoms with Crippen LogP contribution in [0.1, 0.15) is 57.4 Å². The van der Waals surface area contributed by atoms with Crippen molar-refractivity contribution in [3.63, 3.8) is 0 Å². The van der Waals surface area contributed by atoms with E-state index >= 15 is 9.59 Å². The van der Waals surface area contributed by atoms with Crippen molar-refractivity contribution in [2.45, 2.75) is 70.1 Å². The molecule has 0 aliphatic carbocycles. The molecule has 0 unspecified atom stereocenters. The molecule has 3 atom stereocenters. The molecule has 1 saturated heterocycles. The molecule has 2 aliphatic rings. The molecule has 72 heavy (non-hydrogen) atoms. The van der Waals surface area contributed by atoms with Crippen LogP contribution in [0.2, 0.25) is 0 Å². The van der Waals surface area contributed by atoms with Gasteiger partial charge in [0.05, 0.1) is 57.9 Å². The fraction of sp³-hybridized carbons (Fsp3) is 0.300. The molecule has 370 valence electrons. The smallest absolute Gasteiger partial charge is 0.253 e. The van der Waals surface area contributed by atoms with E-state index in [4.69, 9.17) is 18.9 Å². The van der Waals surface area contributed by atoms with Gasteiger partial charge in [-0.15, -0.1) is 0 Å². The van der Waals surface area contributed by atoms with Crippen molar-refractivity contribution in [3.8, 4) is 23.0 Å². The van der Waals surface area contributed by atoms with E-state index in [1.165, 1.54) is 5.56 Å². The highest BCUT2D eigenvalue weighted by molar-refractivity contribution is 5.94. The van der Waals surface area contributed by atoms with Gasteiger partial charge in [0.2, 0.25) is 17.7 Å². The second-order valence-corrected chi connectivity index (χ2v) is 19.0. The first kappa shape index (κ1) is 49.1. The Morgan fingerprint density at radius 2 is 1.38 bits per heavy atom. The number of amides is 4. The fourth-order valence-electron chi connectivity index (χ4n) is 10.0. The Labute approximate surface area is 421 Å². The molecule has 12 heteroatoms. The Morgan fingerprint density at radius 3 is 2.04 bits per heavy atom. The molecule has 0 saturated carbocycles. The summed E-state index contributed by atoms with van der Waals surface area (Å²) in [4.78, 5) is 63.2. The maximum atomic E-state index is 15.2. The van der Waals surface area contributed by atoms with Crippen LogP contribution in [0.3, 0.4) is 0 Å². The number of benzene rings is 7. The monoisotopic (exact) mass is 966 g/mol. The number of nitrogens with zero attached hydrogens (tertiary/aromatic N) is 3. The molecule has 2 heterocycles. The van der Waals surface area contributed by atoms with Crippen molar-refractivity contribution in [2.75, 3.05) is 47.6 Å². The number of hydrogen-bond acceptors (Lipinski definition) is 8. The Hall–Kier alpha value is -7.86. The molecule has 9 rings (SSSR count). The van der Waals surface area contributed by atoms with Crippen molar-refractivity contribution in [3.05, 3.63) is 179 Å². The SMILES string of the molecule is COc1cc(OCCc2ccc(C)cc2)cc(OC)c1CN(C(=O)Cc1ccc2ccccc2c1)[C@H]1C[C@H]2COc3cccc(c3)C(=O)N(C)CCC[C@H](NC(=O)Cc3ccc4ccccc4c3)C(=O)N2C1. The van der Waals surface area contributed by atoms with Crippen LogP contribution in [0.15, 0.2) is 146 Å². The maximum Gasteiger partial charge on any atom is 0.253 e. The maximum absolute atomic E-state index is 15.2. The van der Waals surface area contributed by atoms with Crippen LogP contribution < -0.4 is 24.3 Å². The zero-order valence-corrected chi connectivity index (χ0v) is 41.5. The second kappa shape index (κ2) is 22.5. The van der Waals surface area contributed by atoms with Crippen molar-refractivity contribution >= 4 is 45.2 Å². The van der Waals surface area contributed by atoms with Gasteiger partial charge in [-0.05, 0) is 82.6 Å². The van der Waals surface area contributed by atoms with Crippen LogP contribution in [-0.4, -0.2) is 104 Å². The van der Waals surface area contributed by atoms with Crippen molar-refractivity contribution < 1.29 is 38.1 Å². The van der Waals surface area contributed by atoms with Crippen LogP contribution in [-0.2, 0) is 40.2 Å². The average Bonchev–Trinajstić information content (AvgIpc) is 3.82. The Kier molecular flexibility index (Phi) is 15.3. The van der Waals surface area contributed by atoms with Gasteiger partial charge in [0, 0.05) is 44.3 Å². The number of fused-ring (bicyclic) bond motifs is 5. The third-order valence-electron chi connectivity index (χ3n) is 14.0. The first-order chi connectivity index (χ1) is 35.0. The van der Waals surface area contributed by atoms with Gasteiger partial charge in [-0.2, -0.15) is 0 Å². The van der Waals surface area contributed by atoms with Gasteiger partial charge in [0.25, 0.3) is 5.91 Å². The van der Waals surface area contributed by atoms with Crippen LogP contribution in [0, 0.1) is 6.92 Å². The van der Waals surface area contributed by atoms with E-state index in [1.54, 1.807) is 55.3 Å². The summed E-state index contributed by atoms with van der Waals surface area (Å²) < 4.78 is 24.8. The van der Waals surface area contributed by atoms with Gasteiger partial charge in [-0.3, -0.25) is 19.2 Å². The third-order valence-corrected chi connectivity index (χ3v) is 14.0. The summed E-state index contributed by atoms with van der Waals surface area (Å²) in [5.74, 6) is 1.16. The van der Waals surface area contributed by atoms with Crippen LogP contribution in [0.4, 0.5) is 0 Å². The predicted molar refractivity (Wildman–Crippen MR) is 280 cm³/mol.